The molecule has 0 radical (unpaired) electrons. The molecule has 1 saturated carbocycles. The molecule has 1 aliphatic carbocycles. The number of anilines is 1. The third-order valence-corrected chi connectivity index (χ3v) is 4.31. The fourth-order valence-corrected chi connectivity index (χ4v) is 2.80. The summed E-state index contributed by atoms with van der Waals surface area (Å²) >= 11 is 0. The SMILES string of the molecule is COc1ccc(NCC2(O)CCC(C(=O)O)CC2)c(C)c1. The van der Waals surface area contributed by atoms with E-state index in [-0.39, 0.29) is 5.92 Å². The molecular formula is C16H23NO4. The zero-order valence-corrected chi connectivity index (χ0v) is 12.6. The van der Waals surface area contributed by atoms with Gasteiger partial charge in [-0.3, -0.25) is 4.79 Å². The number of aliphatic carboxylic acids is 1. The molecule has 1 aliphatic rings. The van der Waals surface area contributed by atoms with E-state index in [1.54, 1.807) is 7.11 Å². The van der Waals surface area contributed by atoms with Crippen LogP contribution in [-0.4, -0.2) is 35.4 Å². The Morgan fingerprint density at radius 2 is 2.10 bits per heavy atom. The number of benzene rings is 1. The van der Waals surface area contributed by atoms with Crippen LogP contribution in [0.4, 0.5) is 5.69 Å². The normalized spacial score (nSPS) is 25.4. The first-order valence-corrected chi connectivity index (χ1v) is 7.27. The Morgan fingerprint density at radius 1 is 1.43 bits per heavy atom. The van der Waals surface area contributed by atoms with Gasteiger partial charge in [0.25, 0.3) is 0 Å². The fourth-order valence-electron chi connectivity index (χ4n) is 2.80. The molecule has 1 aromatic rings. The largest absolute Gasteiger partial charge is 0.497 e. The molecule has 0 atom stereocenters. The number of hydrogen-bond donors (Lipinski definition) is 3. The first kappa shape index (κ1) is 15.6. The van der Waals surface area contributed by atoms with Gasteiger partial charge in [-0.15, -0.1) is 0 Å². The van der Waals surface area contributed by atoms with Crippen LogP contribution >= 0.6 is 0 Å². The van der Waals surface area contributed by atoms with E-state index in [4.69, 9.17) is 9.84 Å². The second-order valence-electron chi connectivity index (χ2n) is 5.87. The second kappa shape index (κ2) is 6.35. The lowest BCUT2D eigenvalue weighted by atomic mass is 9.79. The van der Waals surface area contributed by atoms with Gasteiger partial charge >= 0.3 is 5.97 Å². The van der Waals surface area contributed by atoms with Crippen LogP contribution in [0.25, 0.3) is 0 Å². The number of ether oxygens (including phenoxy) is 1. The number of aryl methyl sites for hydroxylation is 1. The predicted octanol–water partition coefficient (Wildman–Crippen LogP) is 2.42. The van der Waals surface area contributed by atoms with Gasteiger partial charge in [0.1, 0.15) is 5.75 Å². The van der Waals surface area contributed by atoms with Crippen molar-refractivity contribution in [2.24, 2.45) is 5.92 Å². The Labute approximate surface area is 124 Å². The number of methoxy groups -OCH3 is 1. The summed E-state index contributed by atoms with van der Waals surface area (Å²) in [6.45, 7) is 2.42. The van der Waals surface area contributed by atoms with Crippen LogP contribution in [-0.2, 0) is 4.79 Å². The molecule has 2 rings (SSSR count). The quantitative estimate of drug-likeness (QED) is 0.777. The lowest BCUT2D eigenvalue weighted by Crippen LogP contribution is -2.41. The van der Waals surface area contributed by atoms with Crippen molar-refractivity contribution in [3.8, 4) is 5.75 Å². The van der Waals surface area contributed by atoms with Crippen molar-refractivity contribution in [2.75, 3.05) is 19.0 Å². The molecule has 5 nitrogen and oxygen atoms in total. The highest BCUT2D eigenvalue weighted by atomic mass is 16.5. The number of carboxylic acid groups (broad SMARTS) is 1. The van der Waals surface area contributed by atoms with E-state index in [0.717, 1.165) is 17.0 Å². The monoisotopic (exact) mass is 293 g/mol. The number of hydrogen-bond acceptors (Lipinski definition) is 4. The molecule has 0 aromatic heterocycles. The fraction of sp³-hybridized carbons (Fsp3) is 0.562. The number of carbonyl (C=O) groups is 1. The molecule has 1 aromatic carbocycles. The zero-order valence-electron chi connectivity index (χ0n) is 12.6. The van der Waals surface area contributed by atoms with Crippen LogP contribution in [0, 0.1) is 12.8 Å². The van der Waals surface area contributed by atoms with Crippen molar-refractivity contribution >= 4 is 11.7 Å². The zero-order chi connectivity index (χ0) is 15.5. The molecule has 0 heterocycles. The molecule has 0 bridgehead atoms. The molecule has 116 valence electrons. The number of carboxylic acids is 1. The van der Waals surface area contributed by atoms with Crippen molar-refractivity contribution in [1.82, 2.24) is 0 Å². The molecular weight excluding hydrogens is 270 g/mol. The Hall–Kier alpha value is -1.75. The maximum atomic E-state index is 10.9. The third-order valence-electron chi connectivity index (χ3n) is 4.31. The molecule has 0 spiro atoms. The minimum atomic E-state index is -0.821. The Bertz CT molecular complexity index is 507. The first-order chi connectivity index (χ1) is 9.93. The van der Waals surface area contributed by atoms with E-state index in [9.17, 15) is 9.90 Å². The molecule has 1 fully saturated rings. The van der Waals surface area contributed by atoms with E-state index in [0.29, 0.717) is 32.2 Å². The minimum absolute atomic E-state index is 0.312. The highest BCUT2D eigenvalue weighted by molar-refractivity contribution is 5.70. The standard InChI is InChI=1S/C16H23NO4/c1-11-9-13(21-2)3-4-14(11)17-10-16(20)7-5-12(6-8-16)15(18)19/h3-4,9,12,17,20H,5-8,10H2,1-2H3,(H,18,19). The van der Waals surface area contributed by atoms with Gasteiger partial charge < -0.3 is 20.3 Å². The highest BCUT2D eigenvalue weighted by Gasteiger charge is 2.35. The summed E-state index contributed by atoms with van der Waals surface area (Å²) in [7, 11) is 1.63. The van der Waals surface area contributed by atoms with Gasteiger partial charge in [0.05, 0.1) is 18.6 Å². The summed E-state index contributed by atoms with van der Waals surface area (Å²) in [5.41, 5.74) is 1.19. The summed E-state index contributed by atoms with van der Waals surface area (Å²) in [4.78, 5) is 10.9. The van der Waals surface area contributed by atoms with Gasteiger partial charge in [-0.1, -0.05) is 0 Å². The third kappa shape index (κ3) is 3.88. The van der Waals surface area contributed by atoms with Gasteiger partial charge in [-0.05, 0) is 56.4 Å². The van der Waals surface area contributed by atoms with Crippen LogP contribution in [0.1, 0.15) is 31.2 Å². The van der Waals surface area contributed by atoms with Crippen LogP contribution in [0.3, 0.4) is 0 Å². The predicted molar refractivity (Wildman–Crippen MR) is 80.8 cm³/mol. The van der Waals surface area contributed by atoms with Crippen molar-refractivity contribution in [3.05, 3.63) is 23.8 Å². The van der Waals surface area contributed by atoms with Crippen molar-refractivity contribution in [2.45, 2.75) is 38.2 Å². The van der Waals surface area contributed by atoms with Crippen molar-refractivity contribution in [3.63, 3.8) is 0 Å². The van der Waals surface area contributed by atoms with Crippen LogP contribution in [0.5, 0.6) is 5.75 Å². The van der Waals surface area contributed by atoms with E-state index >= 15 is 0 Å². The van der Waals surface area contributed by atoms with Crippen LogP contribution in [0.2, 0.25) is 0 Å². The maximum absolute atomic E-state index is 10.9. The lowest BCUT2D eigenvalue weighted by Gasteiger charge is -2.35. The van der Waals surface area contributed by atoms with E-state index in [1.807, 2.05) is 25.1 Å². The van der Waals surface area contributed by atoms with E-state index in [2.05, 4.69) is 5.32 Å². The van der Waals surface area contributed by atoms with Gasteiger partial charge in [0.15, 0.2) is 0 Å². The lowest BCUT2D eigenvalue weighted by molar-refractivity contribution is -0.144. The van der Waals surface area contributed by atoms with Gasteiger partial charge in [-0.2, -0.15) is 0 Å². The summed E-state index contributed by atoms with van der Waals surface area (Å²) in [5.74, 6) is -0.261. The molecule has 0 unspecified atom stereocenters. The summed E-state index contributed by atoms with van der Waals surface area (Å²) in [6.07, 6.45) is 2.11. The molecule has 5 heteroatoms. The smallest absolute Gasteiger partial charge is 0.306 e. The topological polar surface area (TPSA) is 78.8 Å². The van der Waals surface area contributed by atoms with Crippen LogP contribution < -0.4 is 10.1 Å². The molecule has 0 aliphatic heterocycles. The second-order valence-corrected chi connectivity index (χ2v) is 5.87. The van der Waals surface area contributed by atoms with E-state index in [1.165, 1.54) is 0 Å². The molecule has 3 N–H and O–H groups in total. The molecule has 21 heavy (non-hydrogen) atoms. The van der Waals surface area contributed by atoms with Crippen LogP contribution in [0.15, 0.2) is 18.2 Å². The van der Waals surface area contributed by atoms with Crippen molar-refractivity contribution < 1.29 is 19.7 Å². The summed E-state index contributed by atoms with van der Waals surface area (Å²) in [5, 5.41) is 22.8. The van der Waals surface area contributed by atoms with Crippen molar-refractivity contribution in [1.29, 1.82) is 0 Å². The Balaban J connectivity index is 1.92. The first-order valence-electron chi connectivity index (χ1n) is 7.27. The molecule has 0 saturated heterocycles. The molecule has 0 amide bonds. The van der Waals surface area contributed by atoms with E-state index < -0.39 is 11.6 Å². The Kier molecular flexibility index (Phi) is 4.73. The van der Waals surface area contributed by atoms with Gasteiger partial charge in [0, 0.05) is 12.2 Å². The minimum Gasteiger partial charge on any atom is -0.497 e. The number of aliphatic hydroxyl groups is 1. The number of rotatable bonds is 5. The summed E-state index contributed by atoms with van der Waals surface area (Å²) in [6, 6.07) is 5.74. The maximum Gasteiger partial charge on any atom is 0.306 e. The Morgan fingerprint density at radius 3 is 2.62 bits per heavy atom. The average molecular weight is 293 g/mol. The van der Waals surface area contributed by atoms with Gasteiger partial charge in [0.2, 0.25) is 0 Å². The average Bonchev–Trinajstić information content (AvgIpc) is 2.46. The van der Waals surface area contributed by atoms with Gasteiger partial charge in [-0.25, -0.2) is 0 Å². The summed E-state index contributed by atoms with van der Waals surface area (Å²) < 4.78 is 5.17. The highest BCUT2D eigenvalue weighted by Crippen LogP contribution is 2.33. The number of nitrogens with one attached hydrogen (secondary N) is 1.